The van der Waals surface area contributed by atoms with E-state index in [0.29, 0.717) is 12.2 Å². The number of carbonyl (C=O) groups is 1. The van der Waals surface area contributed by atoms with Gasteiger partial charge in [-0.05, 0) is 12.0 Å². The van der Waals surface area contributed by atoms with Gasteiger partial charge in [-0.1, -0.05) is 24.3 Å². The highest BCUT2D eigenvalue weighted by molar-refractivity contribution is 6.13. The molecule has 1 aliphatic rings. The zero-order valence-electron chi connectivity index (χ0n) is 7.23. The molecule has 0 bridgehead atoms. The second kappa shape index (κ2) is 4.79. The molecular formula is C9H11BO3. The number of rotatable bonds is 0. The maximum absolute atomic E-state index is 11.1. The van der Waals surface area contributed by atoms with Crippen LogP contribution in [0.3, 0.4) is 0 Å². The fourth-order valence-corrected chi connectivity index (χ4v) is 1.39. The van der Waals surface area contributed by atoms with E-state index in [0.717, 1.165) is 12.0 Å². The highest BCUT2D eigenvalue weighted by atomic mass is 16.4. The Hall–Kier alpha value is -1.13. The Labute approximate surface area is 77.3 Å². The van der Waals surface area contributed by atoms with Gasteiger partial charge in [0.2, 0.25) is 0 Å². The molecule has 0 saturated heterocycles. The summed E-state index contributed by atoms with van der Waals surface area (Å²) >= 11 is 0. The molecule has 1 aromatic rings. The van der Waals surface area contributed by atoms with Crippen LogP contribution in [0.2, 0.25) is 0 Å². The van der Waals surface area contributed by atoms with Crippen molar-refractivity contribution >= 4 is 13.5 Å². The Bertz CT molecular complexity index is 299. The van der Waals surface area contributed by atoms with Crippen LogP contribution in [0, 0.1) is 0 Å². The van der Waals surface area contributed by atoms with Crippen LogP contribution < -0.4 is 0 Å². The predicted octanol–water partition coefficient (Wildman–Crippen LogP) is 0.0530. The molecule has 4 heteroatoms. The molecule has 0 aliphatic heterocycles. The molecule has 0 aromatic heterocycles. The van der Waals surface area contributed by atoms with E-state index >= 15 is 0 Å². The van der Waals surface area contributed by atoms with Crippen molar-refractivity contribution in [1.82, 2.24) is 0 Å². The molecule has 0 spiro atoms. The molecule has 0 unspecified atom stereocenters. The van der Waals surface area contributed by atoms with Gasteiger partial charge in [-0.15, -0.1) is 0 Å². The summed E-state index contributed by atoms with van der Waals surface area (Å²) in [5.41, 5.74) is 2.15. The highest BCUT2D eigenvalue weighted by Gasteiger charge is 2.17. The van der Waals surface area contributed by atoms with Crippen molar-refractivity contribution in [3.05, 3.63) is 35.4 Å². The summed E-state index contributed by atoms with van der Waals surface area (Å²) in [7, 11) is -0.750. The molecule has 0 amide bonds. The van der Waals surface area contributed by atoms with E-state index in [4.69, 9.17) is 10.0 Å². The van der Waals surface area contributed by atoms with E-state index in [1.807, 2.05) is 24.3 Å². The average Bonchev–Trinajstić information content (AvgIpc) is 2.50. The van der Waals surface area contributed by atoms with Crippen molar-refractivity contribution in [3.63, 3.8) is 0 Å². The quantitative estimate of drug-likeness (QED) is 0.552. The summed E-state index contributed by atoms with van der Waals surface area (Å²) in [5.74, 6) is 0.301. The van der Waals surface area contributed by atoms with Crippen LogP contribution in [0.15, 0.2) is 24.3 Å². The van der Waals surface area contributed by atoms with Crippen molar-refractivity contribution < 1.29 is 14.8 Å². The van der Waals surface area contributed by atoms with Gasteiger partial charge in [0.1, 0.15) is 0 Å². The Kier molecular flexibility index (Phi) is 3.67. The van der Waals surface area contributed by atoms with E-state index in [1.54, 1.807) is 0 Å². The van der Waals surface area contributed by atoms with E-state index in [-0.39, 0.29) is 0 Å². The van der Waals surface area contributed by atoms with E-state index < -0.39 is 7.69 Å². The van der Waals surface area contributed by atoms with Gasteiger partial charge in [0, 0.05) is 12.0 Å². The smallest absolute Gasteiger partial charge is 0.430 e. The lowest BCUT2D eigenvalue weighted by Gasteiger charge is -1.92. The Morgan fingerprint density at radius 2 is 1.77 bits per heavy atom. The summed E-state index contributed by atoms with van der Waals surface area (Å²) in [6, 6.07) is 7.84. The molecule has 1 aromatic carbocycles. The number of benzene rings is 1. The average molecular weight is 178 g/mol. The summed E-state index contributed by atoms with van der Waals surface area (Å²) in [6.45, 7) is 0. The van der Waals surface area contributed by atoms with Crippen molar-refractivity contribution in [1.29, 1.82) is 0 Å². The SMILES string of the molecule is O=C1CCc2ccccc21.OBO. The molecule has 0 saturated carbocycles. The molecule has 13 heavy (non-hydrogen) atoms. The second-order valence-corrected chi connectivity index (χ2v) is 2.72. The third-order valence-electron chi connectivity index (χ3n) is 1.94. The van der Waals surface area contributed by atoms with Crippen molar-refractivity contribution in [2.75, 3.05) is 0 Å². The summed E-state index contributed by atoms with van der Waals surface area (Å²) in [5, 5.41) is 14.2. The van der Waals surface area contributed by atoms with Crippen molar-refractivity contribution in [2.24, 2.45) is 0 Å². The number of Topliss-reactive ketones (excluding diaryl/α,β-unsaturated/α-hetero) is 1. The molecule has 0 heterocycles. The first kappa shape index (κ1) is 9.96. The van der Waals surface area contributed by atoms with Gasteiger partial charge in [0.05, 0.1) is 0 Å². The van der Waals surface area contributed by atoms with Crippen LogP contribution >= 0.6 is 0 Å². The third kappa shape index (κ3) is 2.40. The third-order valence-corrected chi connectivity index (χ3v) is 1.94. The minimum Gasteiger partial charge on any atom is -0.430 e. The van der Waals surface area contributed by atoms with Crippen molar-refractivity contribution in [3.8, 4) is 0 Å². The van der Waals surface area contributed by atoms with Gasteiger partial charge in [-0.2, -0.15) is 0 Å². The Balaban J connectivity index is 0.000000251. The molecule has 0 radical (unpaired) electrons. The largest absolute Gasteiger partial charge is 0.432 e. The van der Waals surface area contributed by atoms with Gasteiger partial charge < -0.3 is 10.0 Å². The number of aryl methyl sites for hydroxylation is 1. The van der Waals surface area contributed by atoms with Gasteiger partial charge in [-0.25, -0.2) is 0 Å². The number of ketones is 1. The van der Waals surface area contributed by atoms with Gasteiger partial charge in [0.25, 0.3) is 0 Å². The van der Waals surface area contributed by atoms with Crippen LogP contribution in [-0.4, -0.2) is 23.5 Å². The topological polar surface area (TPSA) is 57.5 Å². The zero-order chi connectivity index (χ0) is 9.68. The van der Waals surface area contributed by atoms with Gasteiger partial charge in [0.15, 0.2) is 5.78 Å². The van der Waals surface area contributed by atoms with E-state index in [2.05, 4.69) is 0 Å². The molecule has 0 atom stereocenters. The molecular weight excluding hydrogens is 167 g/mol. The fourth-order valence-electron chi connectivity index (χ4n) is 1.39. The lowest BCUT2D eigenvalue weighted by atomic mass is 10.1. The fraction of sp³-hybridized carbons (Fsp3) is 0.222. The molecule has 1 aliphatic carbocycles. The maximum Gasteiger partial charge on any atom is 0.432 e. The number of carbonyl (C=O) groups excluding carboxylic acids is 1. The zero-order valence-corrected chi connectivity index (χ0v) is 7.23. The van der Waals surface area contributed by atoms with Gasteiger partial charge in [-0.3, -0.25) is 4.79 Å². The van der Waals surface area contributed by atoms with Crippen LogP contribution in [0.5, 0.6) is 0 Å². The minimum atomic E-state index is -0.750. The molecule has 2 N–H and O–H groups in total. The first-order valence-corrected chi connectivity index (χ1v) is 4.12. The standard InChI is InChI=1S/C9H8O.BH3O2/c10-9-6-5-7-3-1-2-4-8(7)9;2-1-3/h1-4H,5-6H2;1-3H. The van der Waals surface area contributed by atoms with Crippen LogP contribution in [-0.2, 0) is 6.42 Å². The molecule has 3 nitrogen and oxygen atoms in total. The first-order valence-electron chi connectivity index (χ1n) is 4.12. The van der Waals surface area contributed by atoms with E-state index in [9.17, 15) is 4.79 Å². The Morgan fingerprint density at radius 1 is 1.15 bits per heavy atom. The maximum atomic E-state index is 11.1. The summed E-state index contributed by atoms with van der Waals surface area (Å²) < 4.78 is 0. The first-order chi connectivity index (χ1) is 6.29. The summed E-state index contributed by atoms with van der Waals surface area (Å²) in [6.07, 6.45) is 1.65. The predicted molar refractivity (Wildman–Crippen MR) is 50.7 cm³/mol. The monoisotopic (exact) mass is 178 g/mol. The molecule has 0 fully saturated rings. The van der Waals surface area contributed by atoms with Crippen LogP contribution in [0.1, 0.15) is 22.3 Å². The lowest BCUT2D eigenvalue weighted by molar-refractivity contribution is 0.0994. The second-order valence-electron chi connectivity index (χ2n) is 2.72. The molecule has 2 rings (SSSR count). The van der Waals surface area contributed by atoms with Crippen molar-refractivity contribution in [2.45, 2.75) is 12.8 Å². The normalized spacial score (nSPS) is 12.9. The summed E-state index contributed by atoms with van der Waals surface area (Å²) in [4.78, 5) is 11.1. The number of fused-ring (bicyclic) bond motifs is 1. The number of hydrogen-bond donors (Lipinski definition) is 2. The lowest BCUT2D eigenvalue weighted by Crippen LogP contribution is -1.88. The highest BCUT2D eigenvalue weighted by Crippen LogP contribution is 2.20. The van der Waals surface area contributed by atoms with Crippen LogP contribution in [0.4, 0.5) is 0 Å². The number of hydrogen-bond acceptors (Lipinski definition) is 3. The van der Waals surface area contributed by atoms with Gasteiger partial charge >= 0.3 is 7.69 Å². The molecule has 68 valence electrons. The van der Waals surface area contributed by atoms with E-state index in [1.165, 1.54) is 5.56 Å². The van der Waals surface area contributed by atoms with Crippen LogP contribution in [0.25, 0.3) is 0 Å². The Morgan fingerprint density at radius 3 is 2.38 bits per heavy atom. The minimum absolute atomic E-state index is 0.301.